The predicted octanol–water partition coefficient (Wildman–Crippen LogP) is 4.02. The van der Waals surface area contributed by atoms with Gasteiger partial charge in [0.05, 0.1) is 23.8 Å². The second-order valence-corrected chi connectivity index (χ2v) is 13.5. The van der Waals surface area contributed by atoms with E-state index in [1.165, 1.54) is 17.1 Å². The Morgan fingerprint density at radius 1 is 0.700 bits per heavy atom. The Balaban J connectivity index is 0.000000178. The Morgan fingerprint density at radius 2 is 1.12 bits per heavy atom. The van der Waals surface area contributed by atoms with E-state index >= 15 is 0 Å². The molecule has 7 N–H and O–H groups in total. The standard InChI is InChI=1S/C21H27N5O2.C15H16N4O3/c1-12-4-7-15(20(27)24-16-8-9-16)10-18(12)26-19(22)17(11-23-26)21(28)25-13(2)5-6-14(25)3;1-8-2-3-9(14(20)18-10-4-5-10)6-12(8)19-13(16)11(7-17-19)15(21)22/h4,7,10-11,13-14,16H,5-6,8-9,22H2,1-3H3,(H,24,27);2-3,6-7,10H,4-5,16H2,1H3,(H,18,20)(H,21,22). The summed E-state index contributed by atoms with van der Waals surface area (Å²) in [5.41, 5.74) is 16.7. The normalized spacial score (nSPS) is 18.3. The fourth-order valence-corrected chi connectivity index (χ4v) is 6.11. The van der Waals surface area contributed by atoms with Gasteiger partial charge in [-0.1, -0.05) is 12.1 Å². The lowest BCUT2D eigenvalue weighted by Gasteiger charge is -2.26. The van der Waals surface area contributed by atoms with Crippen LogP contribution in [-0.2, 0) is 0 Å². The molecule has 3 aliphatic rings. The van der Waals surface area contributed by atoms with Gasteiger partial charge in [-0.05, 0) is 102 Å². The highest BCUT2D eigenvalue weighted by atomic mass is 16.4. The zero-order valence-corrected chi connectivity index (χ0v) is 28.6. The van der Waals surface area contributed by atoms with Gasteiger partial charge in [0.1, 0.15) is 22.8 Å². The number of rotatable bonds is 8. The summed E-state index contributed by atoms with van der Waals surface area (Å²) in [4.78, 5) is 50.5. The molecule has 2 aliphatic carbocycles. The van der Waals surface area contributed by atoms with Crippen LogP contribution < -0.4 is 22.1 Å². The van der Waals surface area contributed by atoms with Gasteiger partial charge in [0, 0.05) is 35.3 Å². The molecule has 3 amide bonds. The zero-order valence-electron chi connectivity index (χ0n) is 28.6. The van der Waals surface area contributed by atoms with Gasteiger partial charge < -0.3 is 32.1 Å². The van der Waals surface area contributed by atoms with Crippen molar-refractivity contribution in [3.8, 4) is 11.4 Å². The number of aromatic nitrogens is 4. The molecule has 2 unspecified atom stereocenters. The van der Waals surface area contributed by atoms with Crippen molar-refractivity contribution < 1.29 is 24.3 Å². The lowest BCUT2D eigenvalue weighted by Crippen LogP contribution is -2.38. The average Bonchev–Trinajstić information content (AvgIpc) is 3.98. The van der Waals surface area contributed by atoms with Crippen LogP contribution in [0, 0.1) is 13.8 Å². The Bertz CT molecular complexity index is 1960. The van der Waals surface area contributed by atoms with Crippen LogP contribution in [-0.4, -0.2) is 77.4 Å². The number of anilines is 2. The molecule has 2 aromatic heterocycles. The lowest BCUT2D eigenvalue weighted by atomic mass is 10.1. The van der Waals surface area contributed by atoms with Gasteiger partial charge in [-0.15, -0.1) is 0 Å². The fourth-order valence-electron chi connectivity index (χ4n) is 6.11. The van der Waals surface area contributed by atoms with Gasteiger partial charge in [-0.25, -0.2) is 14.2 Å². The number of carboxylic acids is 1. The minimum Gasteiger partial charge on any atom is -0.477 e. The maximum Gasteiger partial charge on any atom is 0.341 e. The van der Waals surface area contributed by atoms with Crippen LogP contribution in [0.3, 0.4) is 0 Å². The monoisotopic (exact) mass is 681 g/mol. The van der Waals surface area contributed by atoms with E-state index in [0.717, 1.165) is 49.7 Å². The summed E-state index contributed by atoms with van der Waals surface area (Å²) in [6, 6.07) is 11.6. The van der Waals surface area contributed by atoms with Crippen molar-refractivity contribution >= 4 is 35.3 Å². The first-order valence-corrected chi connectivity index (χ1v) is 16.9. The van der Waals surface area contributed by atoms with Crippen LogP contribution in [0.1, 0.15) is 105 Å². The summed E-state index contributed by atoms with van der Waals surface area (Å²) in [6.07, 6.45) is 8.83. The van der Waals surface area contributed by atoms with E-state index in [4.69, 9.17) is 16.6 Å². The van der Waals surface area contributed by atoms with Gasteiger partial charge in [0.15, 0.2) is 0 Å². The number of carboxylic acid groups (broad SMARTS) is 1. The molecule has 4 aromatic rings. The van der Waals surface area contributed by atoms with Crippen LogP contribution in [0.15, 0.2) is 48.8 Å². The molecule has 14 nitrogen and oxygen atoms in total. The summed E-state index contributed by atoms with van der Waals surface area (Å²) in [6.45, 7) is 7.91. The van der Waals surface area contributed by atoms with E-state index in [0.29, 0.717) is 39.9 Å². The smallest absolute Gasteiger partial charge is 0.341 e. The van der Waals surface area contributed by atoms with Gasteiger partial charge in [-0.2, -0.15) is 10.2 Å². The van der Waals surface area contributed by atoms with Gasteiger partial charge in [-0.3, -0.25) is 14.4 Å². The summed E-state index contributed by atoms with van der Waals surface area (Å²) in [5.74, 6) is -1.11. The molecule has 3 heterocycles. The minimum atomic E-state index is -1.14. The average molecular weight is 682 g/mol. The van der Waals surface area contributed by atoms with Crippen molar-refractivity contribution in [1.29, 1.82) is 0 Å². The number of nitrogens with two attached hydrogens (primary N) is 2. The number of hydrogen-bond donors (Lipinski definition) is 5. The molecule has 262 valence electrons. The number of aromatic carboxylic acids is 1. The Hall–Kier alpha value is -5.66. The summed E-state index contributed by atoms with van der Waals surface area (Å²) in [7, 11) is 0. The number of benzene rings is 2. The molecular formula is C36H43N9O5. The second-order valence-electron chi connectivity index (χ2n) is 13.5. The van der Waals surface area contributed by atoms with E-state index < -0.39 is 5.97 Å². The number of carbonyl (C=O) groups is 4. The summed E-state index contributed by atoms with van der Waals surface area (Å²) < 4.78 is 2.90. The van der Waals surface area contributed by atoms with Crippen molar-refractivity contribution in [3.05, 3.63) is 82.2 Å². The van der Waals surface area contributed by atoms with Gasteiger partial charge >= 0.3 is 5.97 Å². The van der Waals surface area contributed by atoms with E-state index in [2.05, 4.69) is 34.7 Å². The number of carbonyl (C=O) groups excluding carboxylic acids is 3. The quantitative estimate of drug-likeness (QED) is 0.182. The van der Waals surface area contributed by atoms with Gasteiger partial charge in [0.2, 0.25) is 0 Å². The number of nitrogens with zero attached hydrogens (tertiary/aromatic N) is 5. The molecule has 7 rings (SSSR count). The van der Waals surface area contributed by atoms with E-state index in [1.807, 2.05) is 24.8 Å². The first kappa shape index (κ1) is 34.2. The Morgan fingerprint density at radius 3 is 1.52 bits per heavy atom. The van der Waals surface area contributed by atoms with Crippen LogP contribution in [0.25, 0.3) is 11.4 Å². The highest BCUT2D eigenvalue weighted by Gasteiger charge is 2.34. The van der Waals surface area contributed by atoms with Crippen molar-refractivity contribution in [2.75, 3.05) is 11.5 Å². The lowest BCUT2D eigenvalue weighted by molar-refractivity contribution is 0.0686. The third kappa shape index (κ3) is 7.05. The fraction of sp³-hybridized carbons (Fsp3) is 0.389. The number of aryl methyl sites for hydroxylation is 2. The molecular weight excluding hydrogens is 638 g/mol. The van der Waals surface area contributed by atoms with Gasteiger partial charge in [0.25, 0.3) is 17.7 Å². The highest BCUT2D eigenvalue weighted by Crippen LogP contribution is 2.29. The third-order valence-corrected chi connectivity index (χ3v) is 9.48. The SMILES string of the molecule is Cc1ccc(C(=O)NC2CC2)cc1-n1ncc(C(=O)N2C(C)CCC2C)c1N.Cc1ccc(C(=O)NC2CC2)cc1-n1ncc(C(=O)O)c1N. The maximum atomic E-state index is 13.1. The third-order valence-electron chi connectivity index (χ3n) is 9.48. The van der Waals surface area contributed by atoms with Crippen molar-refractivity contribution in [1.82, 2.24) is 35.1 Å². The topological polar surface area (TPSA) is 203 Å². The molecule has 1 aliphatic heterocycles. The molecule has 0 spiro atoms. The van der Waals surface area contributed by atoms with Crippen LogP contribution in [0.4, 0.5) is 11.6 Å². The van der Waals surface area contributed by atoms with E-state index in [-0.39, 0.29) is 47.2 Å². The molecule has 2 saturated carbocycles. The second kappa shape index (κ2) is 13.7. The minimum absolute atomic E-state index is 0.0374. The zero-order chi connectivity index (χ0) is 35.9. The first-order chi connectivity index (χ1) is 23.8. The molecule has 0 radical (unpaired) electrons. The Kier molecular flexibility index (Phi) is 9.37. The van der Waals surface area contributed by atoms with E-state index in [9.17, 15) is 19.2 Å². The largest absolute Gasteiger partial charge is 0.477 e. The molecule has 2 atom stereocenters. The molecule has 2 aromatic carbocycles. The molecule has 1 saturated heterocycles. The van der Waals surface area contributed by atoms with E-state index in [1.54, 1.807) is 35.0 Å². The number of likely N-dealkylation sites (tertiary alicyclic amines) is 1. The van der Waals surface area contributed by atoms with Crippen LogP contribution in [0.5, 0.6) is 0 Å². The summed E-state index contributed by atoms with van der Waals surface area (Å²) in [5, 5.41) is 23.3. The van der Waals surface area contributed by atoms with Crippen molar-refractivity contribution in [2.45, 2.75) is 90.4 Å². The molecule has 14 heteroatoms. The molecule has 0 bridgehead atoms. The van der Waals surface area contributed by atoms with Crippen molar-refractivity contribution in [2.24, 2.45) is 0 Å². The summed E-state index contributed by atoms with van der Waals surface area (Å²) >= 11 is 0. The Labute approximate surface area is 289 Å². The highest BCUT2D eigenvalue weighted by molar-refractivity contribution is 5.99. The van der Waals surface area contributed by atoms with Crippen molar-refractivity contribution in [3.63, 3.8) is 0 Å². The van der Waals surface area contributed by atoms with Crippen LogP contribution in [0.2, 0.25) is 0 Å². The predicted molar refractivity (Wildman–Crippen MR) is 188 cm³/mol. The molecule has 50 heavy (non-hydrogen) atoms. The number of hydrogen-bond acceptors (Lipinski definition) is 8. The molecule has 3 fully saturated rings. The maximum absolute atomic E-state index is 13.1. The first-order valence-electron chi connectivity index (χ1n) is 16.9. The number of nitrogens with one attached hydrogen (secondary N) is 2. The number of nitrogen functional groups attached to an aromatic ring is 2. The number of amides is 3. The van der Waals surface area contributed by atoms with Crippen LogP contribution >= 0.6 is 0 Å².